The summed E-state index contributed by atoms with van der Waals surface area (Å²) >= 11 is 5.82. The first-order valence-corrected chi connectivity index (χ1v) is 9.78. The van der Waals surface area contributed by atoms with Crippen molar-refractivity contribution in [2.75, 3.05) is 38.8 Å². The first-order valence-electron chi connectivity index (χ1n) is 8.16. The first-order chi connectivity index (χ1) is 12.5. The Hall–Kier alpha value is -0.550. The van der Waals surface area contributed by atoms with Gasteiger partial charge in [0.15, 0.2) is 11.6 Å². The molecule has 0 aromatic carbocycles. The van der Waals surface area contributed by atoms with E-state index in [0.717, 1.165) is 5.56 Å². The fraction of sp³-hybridized carbons (Fsp3) is 0.786. The van der Waals surface area contributed by atoms with E-state index in [1.807, 2.05) is 7.05 Å². The first kappa shape index (κ1) is 21.7. The molecule has 0 saturated carbocycles. The molecule has 1 fully saturated rings. The summed E-state index contributed by atoms with van der Waals surface area (Å²) < 4.78 is 18.2. The van der Waals surface area contributed by atoms with Gasteiger partial charge < -0.3 is 34.4 Å². The number of aliphatic hydroxyl groups is 1. The Bertz CT molecular complexity index is 566. The second-order valence-electron chi connectivity index (χ2n) is 6.02. The predicted molar refractivity (Wildman–Crippen MR) is 96.6 cm³/mol. The van der Waals surface area contributed by atoms with Crippen LogP contribution in [0.1, 0.15) is 24.6 Å². The lowest BCUT2D eigenvalue weighted by molar-refractivity contribution is -0.110. The molecule has 3 unspecified atom stereocenters. The smallest absolute Gasteiger partial charge is 0.204 e. The summed E-state index contributed by atoms with van der Waals surface area (Å²) in [5, 5.41) is 15.3. The molecule has 0 aliphatic carbocycles. The predicted octanol–water partition coefficient (Wildman–Crippen LogP) is 0.494. The number of halogens is 1. The van der Waals surface area contributed by atoms with Crippen molar-refractivity contribution in [3.63, 3.8) is 0 Å². The third-order valence-electron chi connectivity index (χ3n) is 4.21. The molecule has 10 nitrogen and oxygen atoms in total. The van der Waals surface area contributed by atoms with Gasteiger partial charge in [-0.1, -0.05) is 0 Å². The van der Waals surface area contributed by atoms with E-state index in [9.17, 15) is 14.9 Å². The minimum absolute atomic E-state index is 0.0919. The Balaban J connectivity index is 1.98. The van der Waals surface area contributed by atoms with Crippen molar-refractivity contribution >= 4 is 26.0 Å². The Morgan fingerprint density at radius 1 is 1.50 bits per heavy atom. The zero-order valence-electron chi connectivity index (χ0n) is 14.8. The summed E-state index contributed by atoms with van der Waals surface area (Å²) in [7, 11) is 0.689. The number of nitrogens with one attached hydrogen (secondary N) is 2. The number of aliphatic hydroxyl groups excluding tert-OH is 1. The number of anilines is 1. The van der Waals surface area contributed by atoms with Crippen LogP contribution in [0.4, 0.5) is 5.82 Å². The molecular formula is C14H26ClN4O6P. The molecule has 1 aliphatic heterocycles. The van der Waals surface area contributed by atoms with E-state index in [-0.39, 0.29) is 25.5 Å². The number of hydrogen-bond donors (Lipinski definition) is 5. The van der Waals surface area contributed by atoms with E-state index in [4.69, 9.17) is 26.0 Å². The van der Waals surface area contributed by atoms with Gasteiger partial charge in [-0.2, -0.15) is 5.10 Å². The molecule has 3 atom stereocenters. The molecule has 0 radical (unpaired) electrons. The van der Waals surface area contributed by atoms with Gasteiger partial charge >= 0.3 is 0 Å². The molecule has 26 heavy (non-hydrogen) atoms. The van der Waals surface area contributed by atoms with Crippen molar-refractivity contribution in [1.82, 2.24) is 15.1 Å². The monoisotopic (exact) mass is 412 g/mol. The second kappa shape index (κ2) is 10.1. The number of nitrogens with zero attached hydrogens (tertiary/aromatic N) is 2. The molecule has 1 saturated heterocycles. The van der Waals surface area contributed by atoms with E-state index in [1.54, 1.807) is 10.9 Å². The topological polar surface area (TPSA) is 130 Å². The Labute approximate surface area is 158 Å². The van der Waals surface area contributed by atoms with Crippen molar-refractivity contribution in [3.05, 3.63) is 11.8 Å². The Morgan fingerprint density at radius 2 is 2.27 bits per heavy atom. The van der Waals surface area contributed by atoms with E-state index in [1.165, 1.54) is 7.11 Å². The number of hydrogen-bond acceptors (Lipinski definition) is 9. The maximum absolute atomic E-state index is 9.59. The number of methoxy groups -OCH3 is 1. The molecule has 1 aromatic rings. The van der Waals surface area contributed by atoms with Gasteiger partial charge in [0.05, 0.1) is 32.1 Å². The van der Waals surface area contributed by atoms with Crippen LogP contribution in [0, 0.1) is 0 Å². The van der Waals surface area contributed by atoms with Gasteiger partial charge in [0.1, 0.15) is 5.82 Å². The van der Waals surface area contributed by atoms with Crippen molar-refractivity contribution in [2.24, 2.45) is 0 Å². The highest BCUT2D eigenvalue weighted by molar-refractivity contribution is 7.46. The van der Waals surface area contributed by atoms with Gasteiger partial charge in [0.2, 0.25) is 8.38 Å². The largest absolute Gasteiger partial charge is 0.393 e. The molecule has 1 aliphatic rings. The molecule has 0 amide bonds. The normalized spacial score (nSPS) is 22.7. The van der Waals surface area contributed by atoms with Gasteiger partial charge in [-0.15, -0.1) is 0 Å². The highest BCUT2D eigenvalue weighted by atomic mass is 35.5. The lowest BCUT2D eigenvalue weighted by atomic mass is 10.2. The van der Waals surface area contributed by atoms with Crippen molar-refractivity contribution in [3.8, 4) is 0 Å². The summed E-state index contributed by atoms with van der Waals surface area (Å²) in [5.41, 5.74) is 0.913. The van der Waals surface area contributed by atoms with Crippen LogP contribution in [0.15, 0.2) is 6.20 Å². The van der Waals surface area contributed by atoms with Crippen LogP contribution in [0.3, 0.4) is 0 Å². The molecular weight excluding hydrogens is 387 g/mol. The molecule has 0 spiro atoms. The molecule has 2 rings (SSSR count). The minimum atomic E-state index is -2.54. The molecule has 5 N–H and O–H groups in total. The Kier molecular flexibility index (Phi) is 8.46. The highest BCUT2D eigenvalue weighted by Crippen LogP contribution is 2.43. The van der Waals surface area contributed by atoms with Crippen LogP contribution >= 0.6 is 20.2 Å². The van der Waals surface area contributed by atoms with Crippen molar-refractivity contribution in [1.29, 1.82) is 0 Å². The van der Waals surface area contributed by atoms with E-state index in [2.05, 4.69) is 15.3 Å². The lowest BCUT2D eigenvalue weighted by Gasteiger charge is -2.32. The van der Waals surface area contributed by atoms with Gasteiger partial charge in [0.25, 0.3) is 0 Å². The summed E-state index contributed by atoms with van der Waals surface area (Å²) in [6.45, 7) is 0.00327. The third-order valence-corrected chi connectivity index (χ3v) is 5.51. The molecule has 1 aromatic heterocycles. The van der Waals surface area contributed by atoms with Crippen LogP contribution in [0.2, 0.25) is 0 Å². The Morgan fingerprint density at radius 3 is 2.85 bits per heavy atom. The van der Waals surface area contributed by atoms with Gasteiger partial charge in [-0.3, -0.25) is 4.84 Å². The number of ether oxygens (including phenoxy) is 3. The molecule has 150 valence electrons. The highest BCUT2D eigenvalue weighted by Gasteiger charge is 2.41. The van der Waals surface area contributed by atoms with E-state index < -0.39 is 20.3 Å². The maximum atomic E-state index is 9.59. The van der Waals surface area contributed by atoms with Crippen LogP contribution in [0.25, 0.3) is 0 Å². The quantitative estimate of drug-likeness (QED) is 0.260. The maximum Gasteiger partial charge on any atom is 0.204 e. The van der Waals surface area contributed by atoms with Crippen LogP contribution < -0.4 is 10.2 Å². The third kappa shape index (κ3) is 4.83. The minimum Gasteiger partial charge on any atom is -0.393 e. The average molecular weight is 413 g/mol. The van der Waals surface area contributed by atoms with E-state index in [0.29, 0.717) is 25.2 Å². The average Bonchev–Trinajstić information content (AvgIpc) is 3.25. The van der Waals surface area contributed by atoms with Gasteiger partial charge in [0, 0.05) is 31.0 Å². The molecule has 2 heterocycles. The molecule has 0 bridgehead atoms. The molecule has 12 heteroatoms. The zero-order chi connectivity index (χ0) is 19.2. The lowest BCUT2D eigenvalue weighted by Crippen LogP contribution is -2.41. The standard InChI is InChI=1S/C14H26ClN4O6P/c1-16-5-10-6-17-19(13(10)18-15)12-4-3-11(25-12)7-24-14(8-20,9-23-2)26(21)22/h6,11-12,16,18,20-22H,3-5,7-9H2,1-2H3. The summed E-state index contributed by atoms with van der Waals surface area (Å²) in [6.07, 6.45) is 2.51. The van der Waals surface area contributed by atoms with Gasteiger partial charge in [-0.25, -0.2) is 4.68 Å². The fourth-order valence-electron chi connectivity index (χ4n) is 2.81. The summed E-state index contributed by atoms with van der Waals surface area (Å²) in [6, 6.07) is 0. The number of rotatable bonds is 11. The zero-order valence-corrected chi connectivity index (χ0v) is 16.4. The fourth-order valence-corrected chi connectivity index (χ4v) is 3.58. The van der Waals surface area contributed by atoms with Crippen LogP contribution in [-0.2, 0) is 20.8 Å². The van der Waals surface area contributed by atoms with E-state index >= 15 is 0 Å². The summed E-state index contributed by atoms with van der Waals surface area (Å²) in [5.74, 6) is 0.658. The van der Waals surface area contributed by atoms with Crippen LogP contribution in [0.5, 0.6) is 0 Å². The van der Waals surface area contributed by atoms with Crippen LogP contribution in [-0.4, -0.2) is 70.1 Å². The van der Waals surface area contributed by atoms with Gasteiger partial charge in [-0.05, 0) is 19.9 Å². The summed E-state index contributed by atoms with van der Waals surface area (Å²) in [4.78, 5) is 21.8. The SMILES string of the molecule is CNCc1cnn(C2CCC(COC(CO)(COC)P(O)O)O2)c1NCl. The number of aromatic nitrogens is 2. The second-order valence-corrected chi connectivity index (χ2v) is 7.60. The van der Waals surface area contributed by atoms with Crippen molar-refractivity contribution < 1.29 is 29.1 Å². The van der Waals surface area contributed by atoms with Crippen molar-refractivity contribution in [2.45, 2.75) is 37.1 Å².